The van der Waals surface area contributed by atoms with Crippen LogP contribution < -0.4 is 10.0 Å². The van der Waals surface area contributed by atoms with Gasteiger partial charge in [-0.2, -0.15) is 0 Å². The fourth-order valence-electron chi connectivity index (χ4n) is 3.02. The van der Waals surface area contributed by atoms with Crippen LogP contribution in [0, 0.1) is 0 Å². The van der Waals surface area contributed by atoms with E-state index in [9.17, 15) is 13.2 Å². The first-order chi connectivity index (χ1) is 13.4. The minimum atomic E-state index is -3.61. The van der Waals surface area contributed by atoms with Crippen molar-refractivity contribution in [3.8, 4) is 0 Å². The van der Waals surface area contributed by atoms with Gasteiger partial charge in [0.2, 0.25) is 10.0 Å². The molecule has 0 aliphatic heterocycles. The molecule has 1 amide bonds. The first kappa shape index (κ1) is 19.8. The maximum Gasteiger partial charge on any atom is 0.251 e. The van der Waals surface area contributed by atoms with E-state index in [-0.39, 0.29) is 23.4 Å². The number of carbonyl (C=O) groups is 1. The molecule has 0 fully saturated rings. The van der Waals surface area contributed by atoms with Crippen molar-refractivity contribution in [3.63, 3.8) is 0 Å². The van der Waals surface area contributed by atoms with E-state index in [0.717, 1.165) is 16.3 Å². The summed E-state index contributed by atoms with van der Waals surface area (Å²) in [7, 11) is -3.61. The van der Waals surface area contributed by atoms with Crippen molar-refractivity contribution < 1.29 is 13.2 Å². The molecular weight excluding hydrogens is 372 g/mol. The van der Waals surface area contributed by atoms with Gasteiger partial charge in [0.1, 0.15) is 0 Å². The molecule has 0 bridgehead atoms. The third kappa shape index (κ3) is 4.30. The third-order valence-corrected chi connectivity index (χ3v) is 5.92. The molecule has 0 unspecified atom stereocenters. The maximum atomic E-state index is 12.6. The standard InChI is InChI=1S/C22H22N2O3S/c1-3-15-23-28(26,27)19-13-11-18(12-14-19)22(25)24-16(2)20-10-6-8-17-7-4-5-9-21(17)20/h3-14,16,23H,1,15H2,2H3,(H,24,25)/t16-/m1/s1. The molecule has 3 aromatic rings. The number of hydrogen-bond acceptors (Lipinski definition) is 3. The van der Waals surface area contributed by atoms with Crippen molar-refractivity contribution in [2.45, 2.75) is 17.9 Å². The second-order valence-corrected chi connectivity index (χ2v) is 8.20. The van der Waals surface area contributed by atoms with Gasteiger partial charge in [0, 0.05) is 12.1 Å². The fraction of sp³-hybridized carbons (Fsp3) is 0.136. The van der Waals surface area contributed by atoms with Crippen LogP contribution in [0.3, 0.4) is 0 Å². The van der Waals surface area contributed by atoms with Gasteiger partial charge in [-0.3, -0.25) is 4.79 Å². The molecule has 0 radical (unpaired) electrons. The lowest BCUT2D eigenvalue weighted by Gasteiger charge is -2.17. The molecule has 144 valence electrons. The molecule has 3 rings (SSSR count). The average Bonchev–Trinajstić information content (AvgIpc) is 2.72. The summed E-state index contributed by atoms with van der Waals surface area (Å²) in [5.74, 6) is -0.261. The van der Waals surface area contributed by atoms with Gasteiger partial charge in [-0.1, -0.05) is 48.5 Å². The highest BCUT2D eigenvalue weighted by molar-refractivity contribution is 7.89. The number of nitrogens with one attached hydrogen (secondary N) is 2. The fourth-order valence-corrected chi connectivity index (χ4v) is 4.02. The van der Waals surface area contributed by atoms with Crippen LogP contribution in [-0.4, -0.2) is 20.9 Å². The van der Waals surface area contributed by atoms with Crippen LogP contribution in [0.2, 0.25) is 0 Å². The SMILES string of the molecule is C=CCNS(=O)(=O)c1ccc(C(=O)N[C@H](C)c2cccc3ccccc23)cc1. The summed E-state index contributed by atoms with van der Waals surface area (Å²) in [6.45, 7) is 5.56. The largest absolute Gasteiger partial charge is 0.345 e. The van der Waals surface area contributed by atoms with Crippen LogP contribution in [0.25, 0.3) is 10.8 Å². The predicted molar refractivity (Wildman–Crippen MR) is 112 cm³/mol. The molecule has 0 aromatic heterocycles. The molecule has 1 atom stereocenters. The minimum Gasteiger partial charge on any atom is -0.345 e. The number of hydrogen-bond donors (Lipinski definition) is 2. The van der Waals surface area contributed by atoms with Gasteiger partial charge in [-0.15, -0.1) is 6.58 Å². The quantitative estimate of drug-likeness (QED) is 0.599. The Hall–Kier alpha value is -2.96. The number of carbonyl (C=O) groups excluding carboxylic acids is 1. The van der Waals surface area contributed by atoms with E-state index >= 15 is 0 Å². The summed E-state index contributed by atoms with van der Waals surface area (Å²) in [5, 5.41) is 5.18. The number of rotatable bonds is 7. The van der Waals surface area contributed by atoms with Crippen LogP contribution in [0.5, 0.6) is 0 Å². The first-order valence-electron chi connectivity index (χ1n) is 8.91. The van der Waals surface area contributed by atoms with Crippen molar-refractivity contribution in [1.82, 2.24) is 10.0 Å². The van der Waals surface area contributed by atoms with Crippen LogP contribution in [0.4, 0.5) is 0 Å². The van der Waals surface area contributed by atoms with Crippen LogP contribution in [0.1, 0.15) is 28.9 Å². The maximum absolute atomic E-state index is 12.6. The second kappa shape index (κ2) is 8.37. The Morgan fingerprint density at radius 1 is 1.04 bits per heavy atom. The molecule has 0 aliphatic rings. The molecule has 3 aromatic carbocycles. The molecular formula is C22H22N2O3S. The molecule has 5 nitrogen and oxygen atoms in total. The molecule has 0 saturated heterocycles. The summed E-state index contributed by atoms with van der Waals surface area (Å²) in [6.07, 6.45) is 1.47. The van der Waals surface area contributed by atoms with Gasteiger partial charge >= 0.3 is 0 Å². The molecule has 0 saturated carbocycles. The van der Waals surface area contributed by atoms with E-state index in [4.69, 9.17) is 0 Å². The van der Waals surface area contributed by atoms with Crippen molar-refractivity contribution in [2.75, 3.05) is 6.54 Å². The summed E-state index contributed by atoms with van der Waals surface area (Å²) in [6, 6.07) is 19.7. The zero-order valence-electron chi connectivity index (χ0n) is 15.6. The first-order valence-corrected chi connectivity index (χ1v) is 10.4. The van der Waals surface area contributed by atoms with Gasteiger partial charge in [-0.05, 0) is 47.5 Å². The molecule has 0 spiro atoms. The van der Waals surface area contributed by atoms with E-state index in [1.807, 2.05) is 49.4 Å². The van der Waals surface area contributed by atoms with Gasteiger partial charge in [0.05, 0.1) is 10.9 Å². The third-order valence-electron chi connectivity index (χ3n) is 4.48. The number of benzene rings is 3. The zero-order valence-corrected chi connectivity index (χ0v) is 16.4. The Morgan fingerprint density at radius 3 is 2.43 bits per heavy atom. The van der Waals surface area contributed by atoms with Crippen molar-refractivity contribution in [1.29, 1.82) is 0 Å². The number of sulfonamides is 1. The zero-order chi connectivity index (χ0) is 20.1. The summed E-state index contributed by atoms with van der Waals surface area (Å²) < 4.78 is 26.6. The van der Waals surface area contributed by atoms with Crippen molar-refractivity contribution >= 4 is 26.7 Å². The molecule has 0 heterocycles. The predicted octanol–water partition coefficient (Wildman–Crippen LogP) is 3.80. The van der Waals surface area contributed by atoms with E-state index in [2.05, 4.69) is 16.6 Å². The highest BCUT2D eigenvalue weighted by Gasteiger charge is 2.16. The highest BCUT2D eigenvalue weighted by atomic mass is 32.2. The molecule has 0 aliphatic carbocycles. The Kier molecular flexibility index (Phi) is 5.92. The lowest BCUT2D eigenvalue weighted by molar-refractivity contribution is 0.0940. The summed E-state index contributed by atoms with van der Waals surface area (Å²) in [4.78, 5) is 12.7. The van der Waals surface area contributed by atoms with E-state index in [1.165, 1.54) is 30.3 Å². The van der Waals surface area contributed by atoms with Crippen molar-refractivity contribution in [3.05, 3.63) is 90.5 Å². The van der Waals surface area contributed by atoms with Crippen LogP contribution in [-0.2, 0) is 10.0 Å². The van der Waals surface area contributed by atoms with Crippen LogP contribution >= 0.6 is 0 Å². The van der Waals surface area contributed by atoms with E-state index in [0.29, 0.717) is 5.56 Å². The average molecular weight is 394 g/mol. The monoisotopic (exact) mass is 394 g/mol. The minimum absolute atomic E-state index is 0.105. The Balaban J connectivity index is 1.76. The Bertz CT molecular complexity index is 1100. The number of fused-ring (bicyclic) bond motifs is 1. The van der Waals surface area contributed by atoms with Gasteiger partial charge in [0.15, 0.2) is 0 Å². The Morgan fingerprint density at radius 2 is 1.71 bits per heavy atom. The topological polar surface area (TPSA) is 75.3 Å². The highest BCUT2D eigenvalue weighted by Crippen LogP contribution is 2.24. The van der Waals surface area contributed by atoms with Crippen LogP contribution in [0.15, 0.2) is 84.3 Å². The van der Waals surface area contributed by atoms with E-state index < -0.39 is 10.0 Å². The summed E-state index contributed by atoms with van der Waals surface area (Å²) in [5.41, 5.74) is 1.43. The second-order valence-electron chi connectivity index (χ2n) is 6.43. The Labute approximate surface area is 165 Å². The normalized spacial score (nSPS) is 12.5. The molecule has 28 heavy (non-hydrogen) atoms. The van der Waals surface area contributed by atoms with Gasteiger partial charge < -0.3 is 5.32 Å². The smallest absolute Gasteiger partial charge is 0.251 e. The number of amides is 1. The van der Waals surface area contributed by atoms with Gasteiger partial charge in [0.25, 0.3) is 5.91 Å². The van der Waals surface area contributed by atoms with E-state index in [1.54, 1.807) is 0 Å². The van der Waals surface area contributed by atoms with Crippen molar-refractivity contribution in [2.24, 2.45) is 0 Å². The molecule has 2 N–H and O–H groups in total. The molecule has 6 heteroatoms. The lowest BCUT2D eigenvalue weighted by atomic mass is 9.99. The lowest BCUT2D eigenvalue weighted by Crippen LogP contribution is -2.27. The summed E-state index contributed by atoms with van der Waals surface area (Å²) >= 11 is 0. The van der Waals surface area contributed by atoms with Gasteiger partial charge in [-0.25, -0.2) is 13.1 Å².